The summed E-state index contributed by atoms with van der Waals surface area (Å²) in [6, 6.07) is 5.13. The number of rotatable bonds is 4. The molecule has 5 atom stereocenters. The van der Waals surface area contributed by atoms with Gasteiger partial charge in [0.05, 0.1) is 0 Å². The summed E-state index contributed by atoms with van der Waals surface area (Å²) >= 11 is -0.630. The average Bonchev–Trinajstić information content (AvgIpc) is 2.51. The van der Waals surface area contributed by atoms with E-state index in [0.717, 1.165) is 6.07 Å². The van der Waals surface area contributed by atoms with Crippen LogP contribution in [-0.2, 0) is 16.2 Å². The van der Waals surface area contributed by atoms with Crippen molar-refractivity contribution in [3.63, 3.8) is 0 Å². The molecule has 2 rings (SSSR count). The molecule has 0 saturated carbocycles. The van der Waals surface area contributed by atoms with E-state index in [2.05, 4.69) is 0 Å². The van der Waals surface area contributed by atoms with Crippen LogP contribution in [-0.4, -0.2) is 71.4 Å². The molecule has 130 valence electrons. The monoisotopic (exact) mass is 402 g/mol. The molecule has 1 heterocycles. The Balaban J connectivity index is 2.09. The van der Waals surface area contributed by atoms with E-state index in [4.69, 9.17) is 9.84 Å². The second-order valence-corrected chi connectivity index (χ2v) is 7.44. The molecule has 5 nitrogen and oxygen atoms in total. The van der Waals surface area contributed by atoms with Gasteiger partial charge < -0.3 is 0 Å². The molecule has 1 fully saturated rings. The second-order valence-electron chi connectivity index (χ2n) is 5.16. The SMILES string of the molecule is OC[C@H]1O[C@@H]([Se]Cc2ccccc2C(F)(F)F)[C@H](O)[C@@H](O)[C@@H]1O. The van der Waals surface area contributed by atoms with E-state index in [-0.39, 0.29) is 10.9 Å². The molecular weight excluding hydrogens is 384 g/mol. The Morgan fingerprint density at radius 2 is 1.70 bits per heavy atom. The zero-order valence-corrected chi connectivity index (χ0v) is 13.6. The molecule has 4 N–H and O–H groups in total. The van der Waals surface area contributed by atoms with E-state index in [1.807, 2.05) is 0 Å². The third kappa shape index (κ3) is 4.24. The van der Waals surface area contributed by atoms with Crippen molar-refractivity contribution in [2.75, 3.05) is 6.61 Å². The van der Waals surface area contributed by atoms with Crippen molar-refractivity contribution in [2.24, 2.45) is 0 Å². The summed E-state index contributed by atoms with van der Waals surface area (Å²) in [5.74, 6) is 0. The third-order valence-corrected chi connectivity index (χ3v) is 6.08. The van der Waals surface area contributed by atoms with Crippen molar-refractivity contribution in [3.8, 4) is 0 Å². The summed E-state index contributed by atoms with van der Waals surface area (Å²) in [5, 5.41) is 37.5. The van der Waals surface area contributed by atoms with Crippen molar-refractivity contribution in [1.29, 1.82) is 0 Å². The van der Waals surface area contributed by atoms with Gasteiger partial charge in [-0.1, -0.05) is 0 Å². The number of aliphatic hydroxyl groups is 4. The molecular formula is C14H17F3O5Se. The Kier molecular flexibility index (Phi) is 6.07. The first kappa shape index (κ1) is 18.7. The quantitative estimate of drug-likeness (QED) is 0.521. The number of halogens is 3. The van der Waals surface area contributed by atoms with Crippen molar-refractivity contribution < 1.29 is 38.3 Å². The van der Waals surface area contributed by atoms with Crippen LogP contribution in [0.15, 0.2) is 24.3 Å². The summed E-state index contributed by atoms with van der Waals surface area (Å²) in [6.45, 7) is -0.559. The Bertz CT molecular complexity index is 525. The molecule has 23 heavy (non-hydrogen) atoms. The summed E-state index contributed by atoms with van der Waals surface area (Å²) < 4.78 is 44.1. The summed E-state index contributed by atoms with van der Waals surface area (Å²) in [6.07, 6.45) is -9.90. The number of benzene rings is 1. The van der Waals surface area contributed by atoms with Gasteiger partial charge >= 0.3 is 136 Å². The van der Waals surface area contributed by atoms with Crippen LogP contribution in [0.3, 0.4) is 0 Å². The maximum atomic E-state index is 12.9. The van der Waals surface area contributed by atoms with Gasteiger partial charge in [-0.15, -0.1) is 0 Å². The zero-order chi connectivity index (χ0) is 17.2. The number of hydrogen-bond donors (Lipinski definition) is 4. The van der Waals surface area contributed by atoms with Crippen LogP contribution < -0.4 is 0 Å². The molecule has 1 aliphatic rings. The van der Waals surface area contributed by atoms with Gasteiger partial charge in [0.2, 0.25) is 0 Å². The standard InChI is InChI=1S/C14H17F3O5Se/c15-14(16,17)8-4-2-1-3-7(8)6-23-13-12(21)11(20)10(19)9(5-18)22-13/h1-4,9-13,18-21H,5-6H2/t9-,10-,11+,12-,13+/m1/s1. The van der Waals surface area contributed by atoms with Crippen molar-refractivity contribution in [3.05, 3.63) is 35.4 Å². The van der Waals surface area contributed by atoms with Gasteiger partial charge in [0.1, 0.15) is 0 Å². The molecule has 0 aromatic heterocycles. The fourth-order valence-corrected chi connectivity index (χ4v) is 4.76. The Hall–Kier alpha value is -0.671. The van der Waals surface area contributed by atoms with Crippen LogP contribution in [0.4, 0.5) is 13.2 Å². The molecule has 0 radical (unpaired) electrons. The van der Waals surface area contributed by atoms with Crippen molar-refractivity contribution in [1.82, 2.24) is 0 Å². The van der Waals surface area contributed by atoms with Crippen molar-refractivity contribution in [2.45, 2.75) is 40.9 Å². The Labute approximate surface area is 136 Å². The summed E-state index contributed by atoms with van der Waals surface area (Å²) in [4.78, 5) is 0. The molecule has 0 spiro atoms. The van der Waals surface area contributed by atoms with E-state index in [1.54, 1.807) is 0 Å². The molecule has 0 bridgehead atoms. The Morgan fingerprint density at radius 1 is 1.04 bits per heavy atom. The molecule has 0 unspecified atom stereocenters. The first-order chi connectivity index (χ1) is 10.8. The molecule has 1 saturated heterocycles. The van der Waals surface area contributed by atoms with Crippen LogP contribution in [0.25, 0.3) is 0 Å². The number of hydrogen-bond acceptors (Lipinski definition) is 5. The van der Waals surface area contributed by atoms with Gasteiger partial charge in [0.25, 0.3) is 0 Å². The average molecular weight is 401 g/mol. The number of alkyl halides is 3. The van der Waals surface area contributed by atoms with E-state index in [9.17, 15) is 28.5 Å². The van der Waals surface area contributed by atoms with Crippen LogP contribution in [0.2, 0.25) is 0 Å². The van der Waals surface area contributed by atoms with Crippen LogP contribution in [0, 0.1) is 0 Å². The second kappa shape index (κ2) is 7.48. The molecule has 9 heteroatoms. The van der Waals surface area contributed by atoms with Gasteiger partial charge in [0.15, 0.2) is 0 Å². The molecule has 0 aliphatic carbocycles. The van der Waals surface area contributed by atoms with Gasteiger partial charge in [-0.2, -0.15) is 0 Å². The predicted molar refractivity (Wildman–Crippen MR) is 74.7 cm³/mol. The summed E-state index contributed by atoms with van der Waals surface area (Å²) in [5.41, 5.74) is -0.663. The number of ether oxygens (including phenoxy) is 1. The molecule has 0 amide bonds. The minimum absolute atomic E-state index is 0.0331. The normalized spacial score (nSPS) is 32.0. The van der Waals surface area contributed by atoms with Gasteiger partial charge in [-0.05, 0) is 0 Å². The zero-order valence-electron chi connectivity index (χ0n) is 11.8. The van der Waals surface area contributed by atoms with Gasteiger partial charge in [-0.3, -0.25) is 0 Å². The fourth-order valence-electron chi connectivity index (χ4n) is 2.30. The fraction of sp³-hybridized carbons (Fsp3) is 0.571. The molecule has 1 aromatic rings. The Morgan fingerprint density at radius 3 is 2.30 bits per heavy atom. The van der Waals surface area contributed by atoms with Gasteiger partial charge in [-0.25, -0.2) is 0 Å². The van der Waals surface area contributed by atoms with E-state index in [0.29, 0.717) is 0 Å². The number of aliphatic hydroxyl groups excluding tert-OH is 4. The third-order valence-electron chi connectivity index (χ3n) is 3.57. The van der Waals surface area contributed by atoms with E-state index < -0.39 is 62.7 Å². The van der Waals surface area contributed by atoms with Gasteiger partial charge in [0, 0.05) is 0 Å². The van der Waals surface area contributed by atoms with E-state index >= 15 is 0 Å². The first-order valence-electron chi connectivity index (χ1n) is 6.83. The van der Waals surface area contributed by atoms with Crippen LogP contribution in [0.1, 0.15) is 11.1 Å². The molecule has 1 aromatic carbocycles. The molecule has 1 aliphatic heterocycles. The minimum atomic E-state index is -4.47. The van der Waals surface area contributed by atoms with Crippen molar-refractivity contribution >= 4 is 15.0 Å². The first-order valence-corrected chi connectivity index (χ1v) is 9.03. The topological polar surface area (TPSA) is 90.2 Å². The maximum absolute atomic E-state index is 12.9. The summed E-state index contributed by atoms with van der Waals surface area (Å²) in [7, 11) is 0. The van der Waals surface area contributed by atoms with Crippen LogP contribution >= 0.6 is 0 Å². The van der Waals surface area contributed by atoms with E-state index in [1.165, 1.54) is 18.2 Å². The predicted octanol–water partition coefficient (Wildman–Crippen LogP) is -0.291. The van der Waals surface area contributed by atoms with Crippen LogP contribution in [0.5, 0.6) is 0 Å².